The first-order valence-electron chi connectivity index (χ1n) is 4.98. The fraction of sp³-hybridized carbons (Fsp3) is 0.444. The quantitative estimate of drug-likeness (QED) is 0.764. The summed E-state index contributed by atoms with van der Waals surface area (Å²) < 4.78 is 32.0. The highest BCUT2D eigenvalue weighted by atomic mass is 32.2. The van der Waals surface area contributed by atoms with Crippen LogP contribution >= 0.6 is 0 Å². The van der Waals surface area contributed by atoms with Crippen molar-refractivity contribution in [2.45, 2.75) is 5.09 Å². The number of hydrogen-bond donors (Lipinski definition) is 1. The fourth-order valence-corrected chi connectivity index (χ4v) is 1.97. The van der Waals surface area contributed by atoms with Crippen LogP contribution in [0.5, 0.6) is 0 Å². The van der Waals surface area contributed by atoms with Crippen LogP contribution in [0.2, 0.25) is 0 Å². The maximum absolute atomic E-state index is 11.9. The second-order valence-corrected chi connectivity index (χ2v) is 5.06. The van der Waals surface area contributed by atoms with Crippen molar-refractivity contribution in [1.29, 1.82) is 0 Å². The molecule has 1 aliphatic rings. The number of carbonyl (C=O) groups excluding carboxylic acids is 1. The number of nitrogens with zero attached hydrogens (tertiary/aromatic N) is 1. The van der Waals surface area contributed by atoms with Crippen molar-refractivity contribution in [1.82, 2.24) is 4.90 Å². The van der Waals surface area contributed by atoms with Gasteiger partial charge in [0.1, 0.15) is 0 Å². The highest BCUT2D eigenvalue weighted by Gasteiger charge is 2.23. The molecule has 1 fully saturated rings. The van der Waals surface area contributed by atoms with E-state index in [0.717, 1.165) is 0 Å². The van der Waals surface area contributed by atoms with Gasteiger partial charge in [-0.3, -0.25) is 4.79 Å². The lowest BCUT2D eigenvalue weighted by atomic mass is 10.3. The SMILES string of the molecule is NS(=O)(=O)c1ccc(C(=O)N2CCOCC2)o1. The van der Waals surface area contributed by atoms with Gasteiger partial charge in [-0.25, -0.2) is 13.6 Å². The summed E-state index contributed by atoms with van der Waals surface area (Å²) in [5.41, 5.74) is 0. The van der Waals surface area contributed by atoms with E-state index in [1.54, 1.807) is 0 Å². The lowest BCUT2D eigenvalue weighted by molar-refractivity contribution is 0.0279. The van der Waals surface area contributed by atoms with Crippen molar-refractivity contribution in [3.63, 3.8) is 0 Å². The molecule has 0 radical (unpaired) electrons. The van der Waals surface area contributed by atoms with Gasteiger partial charge < -0.3 is 14.1 Å². The summed E-state index contributed by atoms with van der Waals surface area (Å²) in [5.74, 6) is -0.390. The first-order chi connectivity index (χ1) is 7.98. The minimum atomic E-state index is -3.91. The molecule has 1 aromatic rings. The number of nitrogens with two attached hydrogens (primary N) is 1. The van der Waals surface area contributed by atoms with E-state index in [1.807, 2.05) is 0 Å². The lowest BCUT2D eigenvalue weighted by Crippen LogP contribution is -2.40. The molecule has 0 spiro atoms. The number of carbonyl (C=O) groups is 1. The van der Waals surface area contributed by atoms with E-state index in [1.165, 1.54) is 17.0 Å². The van der Waals surface area contributed by atoms with Gasteiger partial charge in [-0.15, -0.1) is 0 Å². The van der Waals surface area contributed by atoms with Crippen molar-refractivity contribution in [3.05, 3.63) is 17.9 Å². The predicted octanol–water partition coefficient (Wildman–Crippen LogP) is -0.601. The first kappa shape index (κ1) is 12.1. The molecule has 0 unspecified atom stereocenters. The van der Waals surface area contributed by atoms with Crippen LogP contribution in [0, 0.1) is 0 Å². The predicted molar refractivity (Wildman–Crippen MR) is 56.8 cm³/mol. The monoisotopic (exact) mass is 260 g/mol. The molecule has 7 nitrogen and oxygen atoms in total. The van der Waals surface area contributed by atoms with Gasteiger partial charge in [-0.05, 0) is 12.1 Å². The van der Waals surface area contributed by atoms with Gasteiger partial charge in [0.15, 0.2) is 5.76 Å². The molecule has 8 heteroatoms. The Kier molecular flexibility index (Phi) is 3.18. The van der Waals surface area contributed by atoms with Crippen LogP contribution in [0.15, 0.2) is 21.6 Å². The van der Waals surface area contributed by atoms with E-state index < -0.39 is 15.1 Å². The smallest absolute Gasteiger partial charge is 0.289 e. The second-order valence-electron chi connectivity index (χ2n) is 3.57. The standard InChI is InChI=1S/C9H12N2O5S/c10-17(13,14)8-2-1-7(16-8)9(12)11-3-5-15-6-4-11/h1-2H,3-6H2,(H2,10,13,14). The normalized spacial score (nSPS) is 17.1. The third-order valence-electron chi connectivity index (χ3n) is 2.37. The van der Waals surface area contributed by atoms with E-state index in [0.29, 0.717) is 26.3 Å². The molecule has 2 N–H and O–H groups in total. The molecule has 0 bridgehead atoms. The summed E-state index contributed by atoms with van der Waals surface area (Å²) in [4.78, 5) is 13.4. The molecule has 0 saturated carbocycles. The van der Waals surface area contributed by atoms with Crippen molar-refractivity contribution in [3.8, 4) is 0 Å². The summed E-state index contributed by atoms with van der Waals surface area (Å²) in [6.07, 6.45) is 0. The second kappa shape index (κ2) is 4.47. The zero-order valence-corrected chi connectivity index (χ0v) is 9.77. The van der Waals surface area contributed by atoms with E-state index in [-0.39, 0.29) is 11.7 Å². The average Bonchev–Trinajstić information content (AvgIpc) is 2.78. The van der Waals surface area contributed by atoms with Gasteiger partial charge in [-0.1, -0.05) is 0 Å². The number of furan rings is 1. The molecular formula is C9H12N2O5S. The lowest BCUT2D eigenvalue weighted by Gasteiger charge is -2.25. The van der Waals surface area contributed by atoms with Crippen molar-refractivity contribution >= 4 is 15.9 Å². The molecule has 94 valence electrons. The van der Waals surface area contributed by atoms with Crippen LogP contribution in [0.1, 0.15) is 10.6 Å². The number of amides is 1. The Morgan fingerprint density at radius 2 is 1.94 bits per heavy atom. The third-order valence-corrected chi connectivity index (χ3v) is 3.15. The molecule has 17 heavy (non-hydrogen) atoms. The molecule has 0 aromatic carbocycles. The van der Waals surface area contributed by atoms with Gasteiger partial charge >= 0.3 is 0 Å². The van der Waals surface area contributed by atoms with Crippen molar-refractivity contribution < 1.29 is 22.4 Å². The molecule has 1 aromatic heterocycles. The van der Waals surface area contributed by atoms with Crippen LogP contribution in [-0.2, 0) is 14.8 Å². The highest BCUT2D eigenvalue weighted by Crippen LogP contribution is 2.14. The zero-order valence-electron chi connectivity index (χ0n) is 8.96. The van der Waals surface area contributed by atoms with Crippen LogP contribution in [0.3, 0.4) is 0 Å². The summed E-state index contributed by atoms with van der Waals surface area (Å²) in [6.45, 7) is 1.86. The Balaban J connectivity index is 2.17. The number of hydrogen-bond acceptors (Lipinski definition) is 5. The van der Waals surface area contributed by atoms with Gasteiger partial charge in [-0.2, -0.15) is 0 Å². The molecular weight excluding hydrogens is 248 g/mol. The summed E-state index contributed by atoms with van der Waals surface area (Å²) in [6, 6.07) is 2.47. The van der Waals surface area contributed by atoms with Gasteiger partial charge in [0.2, 0.25) is 5.09 Å². The molecule has 2 heterocycles. The molecule has 0 atom stereocenters. The van der Waals surface area contributed by atoms with Crippen molar-refractivity contribution in [2.24, 2.45) is 5.14 Å². The van der Waals surface area contributed by atoms with Gasteiger partial charge in [0, 0.05) is 13.1 Å². The van der Waals surface area contributed by atoms with E-state index in [9.17, 15) is 13.2 Å². The number of rotatable bonds is 2. The van der Waals surface area contributed by atoms with Crippen LogP contribution in [-0.4, -0.2) is 45.5 Å². The third kappa shape index (κ3) is 2.65. The maximum atomic E-state index is 11.9. The summed E-state index contributed by atoms with van der Waals surface area (Å²) in [7, 11) is -3.91. The number of sulfonamides is 1. The van der Waals surface area contributed by atoms with Crippen molar-refractivity contribution in [2.75, 3.05) is 26.3 Å². The molecule has 1 amide bonds. The Hall–Kier alpha value is -1.38. The Bertz CT molecular complexity index is 515. The van der Waals surface area contributed by atoms with Gasteiger partial charge in [0.25, 0.3) is 15.9 Å². The Morgan fingerprint density at radius 1 is 1.29 bits per heavy atom. The first-order valence-corrected chi connectivity index (χ1v) is 6.53. The molecule has 1 saturated heterocycles. The van der Waals surface area contributed by atoms with Crippen LogP contribution in [0.4, 0.5) is 0 Å². The number of morpholine rings is 1. The number of primary sulfonamides is 1. The minimum absolute atomic E-state index is 0.0316. The zero-order chi connectivity index (χ0) is 12.5. The molecule has 1 aliphatic heterocycles. The number of ether oxygens (including phenoxy) is 1. The Morgan fingerprint density at radius 3 is 2.47 bits per heavy atom. The molecule has 0 aliphatic carbocycles. The van der Waals surface area contributed by atoms with Crippen LogP contribution < -0.4 is 5.14 Å². The van der Waals surface area contributed by atoms with Crippen LogP contribution in [0.25, 0.3) is 0 Å². The fourth-order valence-electron chi connectivity index (χ4n) is 1.51. The summed E-state index contributed by atoms with van der Waals surface area (Å²) in [5, 5.41) is 4.47. The minimum Gasteiger partial charge on any atom is -0.438 e. The largest absolute Gasteiger partial charge is 0.438 e. The summed E-state index contributed by atoms with van der Waals surface area (Å²) >= 11 is 0. The molecule has 2 rings (SSSR count). The van der Waals surface area contributed by atoms with E-state index >= 15 is 0 Å². The van der Waals surface area contributed by atoms with E-state index in [2.05, 4.69) is 0 Å². The Labute approximate surface area is 98.2 Å². The topological polar surface area (TPSA) is 103 Å². The average molecular weight is 260 g/mol. The highest BCUT2D eigenvalue weighted by molar-refractivity contribution is 7.89. The van der Waals surface area contributed by atoms with E-state index in [4.69, 9.17) is 14.3 Å². The van der Waals surface area contributed by atoms with Gasteiger partial charge in [0.05, 0.1) is 13.2 Å². The maximum Gasteiger partial charge on any atom is 0.289 e.